The molecule has 0 amide bonds. The van der Waals surface area contributed by atoms with Crippen molar-refractivity contribution in [2.45, 2.75) is 47.0 Å². The maximum absolute atomic E-state index is 12.3. The van der Waals surface area contributed by atoms with Crippen LogP contribution in [0.4, 0.5) is 0 Å². The van der Waals surface area contributed by atoms with Crippen LogP contribution in [0.3, 0.4) is 0 Å². The first-order valence-electron chi connectivity index (χ1n) is 6.93. The monoisotopic (exact) mass is 282 g/mol. The third kappa shape index (κ3) is 3.08. The van der Waals surface area contributed by atoms with E-state index in [2.05, 4.69) is 0 Å². The third-order valence-electron chi connectivity index (χ3n) is 3.68. The number of esters is 2. The highest BCUT2D eigenvalue weighted by molar-refractivity contribution is 6.04. The smallest absolute Gasteiger partial charge is 0.323 e. The first-order chi connectivity index (χ1) is 9.39. The number of ketones is 1. The van der Waals surface area contributed by atoms with Crippen molar-refractivity contribution < 1.29 is 23.9 Å². The number of allylic oxidation sites excluding steroid dienone is 2. The molecule has 112 valence electrons. The van der Waals surface area contributed by atoms with Crippen molar-refractivity contribution in [3.63, 3.8) is 0 Å². The summed E-state index contributed by atoms with van der Waals surface area (Å²) in [5.41, 5.74) is 0.103. The van der Waals surface area contributed by atoms with Gasteiger partial charge in [0, 0.05) is 6.42 Å². The maximum atomic E-state index is 12.3. The second-order valence-corrected chi connectivity index (χ2v) is 5.01. The zero-order chi connectivity index (χ0) is 15.3. The van der Waals surface area contributed by atoms with Crippen LogP contribution in [0, 0.1) is 5.41 Å². The normalized spacial score (nSPS) is 17.6. The molecule has 1 aliphatic rings. The molecule has 0 aromatic carbocycles. The number of ether oxygens (including phenoxy) is 2. The summed E-state index contributed by atoms with van der Waals surface area (Å²) in [6.07, 6.45) is 0.922. The Morgan fingerprint density at radius 1 is 1.10 bits per heavy atom. The fourth-order valence-electron chi connectivity index (χ4n) is 2.49. The van der Waals surface area contributed by atoms with E-state index in [1.54, 1.807) is 13.8 Å². The first kappa shape index (κ1) is 16.4. The minimum atomic E-state index is -1.37. The Morgan fingerprint density at radius 2 is 1.60 bits per heavy atom. The summed E-state index contributed by atoms with van der Waals surface area (Å²) in [4.78, 5) is 36.2. The number of hydrogen-bond donors (Lipinski definition) is 0. The molecule has 0 atom stereocenters. The Morgan fingerprint density at radius 3 is 2.00 bits per heavy atom. The molecule has 0 spiro atoms. The van der Waals surface area contributed by atoms with E-state index < -0.39 is 17.4 Å². The van der Waals surface area contributed by atoms with Gasteiger partial charge in [-0.1, -0.05) is 5.57 Å². The predicted molar refractivity (Wildman–Crippen MR) is 72.9 cm³/mol. The molecule has 0 saturated carbocycles. The van der Waals surface area contributed by atoms with Gasteiger partial charge in [0.05, 0.1) is 13.2 Å². The third-order valence-corrected chi connectivity index (χ3v) is 3.68. The number of rotatable bonds is 5. The molecular weight excluding hydrogens is 260 g/mol. The Balaban J connectivity index is 3.17. The summed E-state index contributed by atoms with van der Waals surface area (Å²) in [7, 11) is 0. The fraction of sp³-hybridized carbons (Fsp3) is 0.667. The fourth-order valence-corrected chi connectivity index (χ4v) is 2.49. The summed E-state index contributed by atoms with van der Waals surface area (Å²) in [6, 6.07) is 0. The Labute approximate surface area is 119 Å². The van der Waals surface area contributed by atoms with Gasteiger partial charge in [0.25, 0.3) is 0 Å². The van der Waals surface area contributed by atoms with Crippen LogP contribution >= 0.6 is 0 Å². The molecule has 20 heavy (non-hydrogen) atoms. The van der Waals surface area contributed by atoms with Crippen molar-refractivity contribution in [2.75, 3.05) is 13.2 Å². The largest absolute Gasteiger partial charge is 0.465 e. The van der Waals surface area contributed by atoms with Crippen molar-refractivity contribution in [2.24, 2.45) is 5.41 Å². The molecule has 0 N–H and O–H groups in total. The van der Waals surface area contributed by atoms with Gasteiger partial charge in [0.1, 0.15) is 0 Å². The Hall–Kier alpha value is -1.65. The van der Waals surface area contributed by atoms with E-state index in [0.29, 0.717) is 18.4 Å². The highest BCUT2D eigenvalue weighted by atomic mass is 16.6. The lowest BCUT2D eigenvalue weighted by atomic mass is 9.71. The summed E-state index contributed by atoms with van der Waals surface area (Å²) in [5, 5.41) is 0. The lowest BCUT2D eigenvalue weighted by molar-refractivity contribution is -0.173. The van der Waals surface area contributed by atoms with E-state index in [9.17, 15) is 14.4 Å². The molecule has 0 fully saturated rings. The lowest BCUT2D eigenvalue weighted by Crippen LogP contribution is -2.44. The van der Waals surface area contributed by atoms with Gasteiger partial charge in [-0.05, 0) is 46.1 Å². The van der Waals surface area contributed by atoms with Crippen LogP contribution in [-0.2, 0) is 23.9 Å². The van der Waals surface area contributed by atoms with Gasteiger partial charge in [0.15, 0.2) is 11.2 Å². The van der Waals surface area contributed by atoms with Gasteiger partial charge in [-0.25, -0.2) is 0 Å². The molecule has 1 rings (SSSR count). The summed E-state index contributed by atoms with van der Waals surface area (Å²) in [5.74, 6) is -1.30. The molecule has 0 bridgehead atoms. The van der Waals surface area contributed by atoms with E-state index >= 15 is 0 Å². The maximum Gasteiger partial charge on any atom is 0.323 e. The van der Waals surface area contributed by atoms with Crippen LogP contribution in [0.5, 0.6) is 0 Å². The van der Waals surface area contributed by atoms with Crippen LogP contribution in [0.2, 0.25) is 0 Å². The van der Waals surface area contributed by atoms with Gasteiger partial charge in [-0.15, -0.1) is 0 Å². The molecule has 0 aromatic rings. The number of carbonyl (C=O) groups excluding carboxylic acids is 3. The van der Waals surface area contributed by atoms with E-state index in [1.807, 2.05) is 6.92 Å². The van der Waals surface area contributed by atoms with Crippen molar-refractivity contribution in [1.82, 2.24) is 0 Å². The van der Waals surface area contributed by atoms with E-state index in [1.165, 1.54) is 6.92 Å². The zero-order valence-corrected chi connectivity index (χ0v) is 12.6. The predicted octanol–water partition coefficient (Wildman–Crippen LogP) is 2.19. The lowest BCUT2D eigenvalue weighted by Gasteiger charge is -2.33. The first-order valence-corrected chi connectivity index (χ1v) is 6.93. The van der Waals surface area contributed by atoms with Crippen molar-refractivity contribution in [3.05, 3.63) is 11.1 Å². The highest BCUT2D eigenvalue weighted by Gasteiger charge is 2.51. The van der Waals surface area contributed by atoms with Gasteiger partial charge < -0.3 is 9.47 Å². The van der Waals surface area contributed by atoms with E-state index in [0.717, 1.165) is 5.57 Å². The number of carbonyl (C=O) groups is 3. The average molecular weight is 282 g/mol. The second-order valence-electron chi connectivity index (χ2n) is 5.01. The molecule has 5 heteroatoms. The van der Waals surface area contributed by atoms with Crippen LogP contribution in [0.25, 0.3) is 0 Å². The molecule has 1 aliphatic carbocycles. The SMILES string of the molecule is CCOC(=O)C1(C(=O)OCC)CCC(C)=C(C(C)=O)C1. The molecule has 0 radical (unpaired) electrons. The van der Waals surface area contributed by atoms with Gasteiger partial charge >= 0.3 is 11.9 Å². The van der Waals surface area contributed by atoms with E-state index in [-0.39, 0.29) is 25.4 Å². The van der Waals surface area contributed by atoms with Crippen LogP contribution in [0.1, 0.15) is 47.0 Å². The highest BCUT2D eigenvalue weighted by Crippen LogP contribution is 2.42. The molecule has 0 unspecified atom stereocenters. The van der Waals surface area contributed by atoms with Gasteiger partial charge in [-0.3, -0.25) is 14.4 Å². The zero-order valence-electron chi connectivity index (χ0n) is 12.6. The molecule has 0 heterocycles. The van der Waals surface area contributed by atoms with Gasteiger partial charge in [-0.2, -0.15) is 0 Å². The van der Waals surface area contributed by atoms with Crippen LogP contribution in [-0.4, -0.2) is 30.9 Å². The molecule has 5 nitrogen and oxygen atoms in total. The minimum Gasteiger partial charge on any atom is -0.465 e. The number of Topliss-reactive ketones (excluding diaryl/α,β-unsaturated/α-hetero) is 1. The van der Waals surface area contributed by atoms with Crippen molar-refractivity contribution >= 4 is 17.7 Å². The number of hydrogen-bond acceptors (Lipinski definition) is 5. The van der Waals surface area contributed by atoms with Crippen LogP contribution < -0.4 is 0 Å². The van der Waals surface area contributed by atoms with Crippen molar-refractivity contribution in [1.29, 1.82) is 0 Å². The summed E-state index contributed by atoms with van der Waals surface area (Å²) >= 11 is 0. The Kier molecular flexibility index (Phi) is 5.48. The van der Waals surface area contributed by atoms with E-state index in [4.69, 9.17) is 9.47 Å². The quantitative estimate of drug-likeness (QED) is 0.571. The summed E-state index contributed by atoms with van der Waals surface area (Å²) < 4.78 is 10.1. The topological polar surface area (TPSA) is 69.7 Å². The second kappa shape index (κ2) is 6.68. The minimum absolute atomic E-state index is 0.0752. The van der Waals surface area contributed by atoms with Crippen LogP contribution in [0.15, 0.2) is 11.1 Å². The molecular formula is C15H22O5. The molecule has 0 aliphatic heterocycles. The Bertz CT molecular complexity index is 429. The van der Waals surface area contributed by atoms with Gasteiger partial charge in [0.2, 0.25) is 0 Å². The molecule has 0 saturated heterocycles. The summed E-state index contributed by atoms with van der Waals surface area (Å²) in [6.45, 7) is 7.07. The average Bonchev–Trinajstić information content (AvgIpc) is 2.39. The standard InChI is InChI=1S/C15H22O5/c1-5-19-13(17)15(14(18)20-6-2)8-7-10(3)12(9-15)11(4)16/h5-9H2,1-4H3. The van der Waals surface area contributed by atoms with Crippen molar-refractivity contribution in [3.8, 4) is 0 Å². The molecule has 0 aromatic heterocycles.